The van der Waals surface area contributed by atoms with Gasteiger partial charge in [0.15, 0.2) is 29.2 Å². The minimum atomic E-state index is -0.991. The molecule has 2 aromatic heterocycles. The number of oxazole rings is 2. The van der Waals surface area contributed by atoms with Crippen LogP contribution in [0.2, 0.25) is 0 Å². The average molecular weight is 693 g/mol. The largest absolute Gasteiger partial charge is 0.469 e. The van der Waals surface area contributed by atoms with Gasteiger partial charge in [0, 0.05) is 46.9 Å². The van der Waals surface area contributed by atoms with E-state index in [1.165, 1.54) is 5.56 Å². The molecular formula is C42H36N4O6. The summed E-state index contributed by atoms with van der Waals surface area (Å²) in [6.07, 6.45) is 5.70. The van der Waals surface area contributed by atoms with Gasteiger partial charge in [-0.2, -0.15) is 0 Å². The number of hydrogen-bond acceptors (Lipinski definition) is 9. The number of carbonyl (C=O) groups is 2. The van der Waals surface area contributed by atoms with Crippen LogP contribution in [-0.4, -0.2) is 40.6 Å². The van der Waals surface area contributed by atoms with Gasteiger partial charge in [0.1, 0.15) is 23.3 Å². The van der Waals surface area contributed by atoms with Crippen LogP contribution < -0.4 is 15.4 Å². The molecule has 2 unspecified atom stereocenters. The zero-order valence-corrected chi connectivity index (χ0v) is 28.8. The van der Waals surface area contributed by atoms with Crippen LogP contribution >= 0.6 is 0 Å². The fourth-order valence-electron chi connectivity index (χ4n) is 9.42. The molecule has 52 heavy (non-hydrogen) atoms. The molecule has 1 fully saturated rings. The predicted molar refractivity (Wildman–Crippen MR) is 191 cm³/mol. The van der Waals surface area contributed by atoms with Crippen molar-refractivity contribution < 1.29 is 27.9 Å². The highest BCUT2D eigenvalue weighted by Gasteiger charge is 2.61. The molecule has 1 aliphatic carbocycles. The Hall–Kier alpha value is -5.48. The van der Waals surface area contributed by atoms with Crippen molar-refractivity contribution in [3.63, 3.8) is 0 Å². The van der Waals surface area contributed by atoms with Crippen molar-refractivity contribution in [2.75, 3.05) is 11.9 Å². The van der Waals surface area contributed by atoms with Crippen LogP contribution in [0.4, 0.5) is 5.69 Å². The first-order valence-corrected chi connectivity index (χ1v) is 18.3. The van der Waals surface area contributed by atoms with Crippen LogP contribution in [0.15, 0.2) is 75.7 Å². The monoisotopic (exact) mass is 692 g/mol. The molecular weight excluding hydrogens is 656 g/mol. The van der Waals surface area contributed by atoms with E-state index >= 15 is 0 Å². The van der Waals surface area contributed by atoms with Crippen molar-refractivity contribution in [3.8, 4) is 28.5 Å². The normalized spacial score (nSPS) is 25.7. The second-order valence-electron chi connectivity index (χ2n) is 15.2. The van der Waals surface area contributed by atoms with Crippen LogP contribution in [0.1, 0.15) is 84.4 Å². The number of ether oxygens (including phenoxy) is 2. The molecule has 5 atom stereocenters. The third kappa shape index (κ3) is 4.04. The van der Waals surface area contributed by atoms with E-state index < -0.39 is 29.7 Å². The van der Waals surface area contributed by atoms with Gasteiger partial charge in [-0.25, -0.2) is 9.97 Å². The molecule has 11 rings (SSSR count). The zero-order valence-electron chi connectivity index (χ0n) is 28.8. The SMILES string of the molecule is CC(C)[C@@H]1NC(=O)C(CC(=O)[C@@H]2CCCO2)Cc2ccc3c(c2)C24c5cccc(c5N[C@H]2O3)-c2cccc3c2C(=CC3)c2cnc(o2)-c2nc1oc24. The van der Waals surface area contributed by atoms with Crippen LogP contribution in [0.3, 0.4) is 0 Å². The lowest BCUT2D eigenvalue weighted by molar-refractivity contribution is -0.134. The van der Waals surface area contributed by atoms with E-state index in [4.69, 9.17) is 28.3 Å². The minimum absolute atomic E-state index is 0.0377. The van der Waals surface area contributed by atoms with Gasteiger partial charge in [-0.05, 0) is 59.9 Å². The molecule has 3 aromatic carbocycles. The summed E-state index contributed by atoms with van der Waals surface area (Å²) in [5, 5.41) is 7.08. The van der Waals surface area contributed by atoms with Gasteiger partial charge in [0.05, 0.1) is 6.20 Å². The number of carbonyl (C=O) groups excluding carboxylic acids is 2. The van der Waals surface area contributed by atoms with Crippen molar-refractivity contribution in [1.29, 1.82) is 0 Å². The van der Waals surface area contributed by atoms with Crippen LogP contribution in [0.25, 0.3) is 28.3 Å². The number of para-hydroxylation sites is 1. The lowest BCUT2D eigenvalue weighted by atomic mass is 9.71. The van der Waals surface area contributed by atoms with Crippen LogP contribution in [0.5, 0.6) is 5.75 Å². The standard InChI is InChI=1S/C42H36N4O6/c1-20(2)34-40-45-36-37(52-40)42-27-9-4-8-25(24-7-3-6-22-12-13-26(33(22)24)32-19-43-39(36)50-32)35(27)46-41(42)51-30-14-11-21(17-28(30)42)16-23(38(48)44-34)18-29(47)31-10-5-15-49-31/h3-4,6-9,11,13-14,17,19-20,23,31,34,41,46H,5,10,12,15-16,18H2,1-2H3,(H,44,48)/t23?,31-,34-,41-,42?/m0/s1. The summed E-state index contributed by atoms with van der Waals surface area (Å²) in [5.74, 6) is 1.61. The summed E-state index contributed by atoms with van der Waals surface area (Å²) in [5.41, 5.74) is 8.77. The highest BCUT2D eigenvalue weighted by Crippen LogP contribution is 2.61. The summed E-state index contributed by atoms with van der Waals surface area (Å²) in [7, 11) is 0. The van der Waals surface area contributed by atoms with Gasteiger partial charge >= 0.3 is 0 Å². The molecule has 10 bridgehead atoms. The Bertz CT molecular complexity index is 2400. The number of benzene rings is 3. The predicted octanol–water partition coefficient (Wildman–Crippen LogP) is 6.90. The van der Waals surface area contributed by atoms with E-state index in [2.05, 4.69) is 59.2 Å². The van der Waals surface area contributed by atoms with Gasteiger partial charge in [0.2, 0.25) is 17.7 Å². The summed E-state index contributed by atoms with van der Waals surface area (Å²) in [4.78, 5) is 37.8. The lowest BCUT2D eigenvalue weighted by Gasteiger charge is -2.28. The van der Waals surface area contributed by atoms with Crippen molar-refractivity contribution >= 4 is 23.0 Å². The van der Waals surface area contributed by atoms with Crippen molar-refractivity contribution in [2.45, 2.75) is 69.7 Å². The van der Waals surface area contributed by atoms with Gasteiger partial charge in [0.25, 0.3) is 0 Å². The Balaban J connectivity index is 1.19. The maximum Gasteiger partial charge on any atom is 0.249 e. The van der Waals surface area contributed by atoms with Crippen LogP contribution in [-0.2, 0) is 32.6 Å². The second-order valence-corrected chi connectivity index (χ2v) is 15.2. The highest BCUT2D eigenvalue weighted by molar-refractivity contribution is 5.97. The molecule has 1 amide bonds. The topological polar surface area (TPSA) is 129 Å². The smallest absolute Gasteiger partial charge is 0.249 e. The third-order valence-electron chi connectivity index (χ3n) is 11.9. The summed E-state index contributed by atoms with van der Waals surface area (Å²) >= 11 is 0. The van der Waals surface area contributed by atoms with Gasteiger partial charge < -0.3 is 28.9 Å². The average Bonchev–Trinajstić information content (AvgIpc) is 3.99. The number of aromatic nitrogens is 2. The molecule has 5 aromatic rings. The number of ketones is 1. The van der Waals surface area contributed by atoms with Crippen molar-refractivity contribution in [2.24, 2.45) is 11.8 Å². The Morgan fingerprint density at radius 2 is 1.92 bits per heavy atom. The second kappa shape index (κ2) is 10.8. The highest BCUT2D eigenvalue weighted by atomic mass is 16.5. The van der Waals surface area contributed by atoms with Crippen molar-refractivity contribution in [3.05, 3.63) is 112 Å². The molecule has 1 saturated heterocycles. The molecule has 1 spiro atoms. The molecule has 7 heterocycles. The first-order valence-electron chi connectivity index (χ1n) is 18.3. The van der Waals surface area contributed by atoms with Gasteiger partial charge in [-0.15, -0.1) is 0 Å². The minimum Gasteiger partial charge on any atom is -0.469 e. The van der Waals surface area contributed by atoms with E-state index in [9.17, 15) is 9.59 Å². The number of rotatable bonds is 4. The molecule has 0 radical (unpaired) electrons. The molecule has 0 saturated carbocycles. The molecule has 2 N–H and O–H groups in total. The van der Waals surface area contributed by atoms with E-state index in [0.29, 0.717) is 54.2 Å². The van der Waals surface area contributed by atoms with E-state index in [1.807, 2.05) is 26.0 Å². The van der Waals surface area contributed by atoms with Crippen molar-refractivity contribution in [1.82, 2.24) is 15.3 Å². The first kappa shape index (κ1) is 30.2. The third-order valence-corrected chi connectivity index (χ3v) is 11.9. The van der Waals surface area contributed by atoms with E-state index in [0.717, 1.165) is 57.5 Å². The summed E-state index contributed by atoms with van der Waals surface area (Å²) in [6.45, 7) is 4.62. The Labute approximate surface area is 299 Å². The summed E-state index contributed by atoms with van der Waals surface area (Å²) in [6, 6.07) is 18.4. The maximum absolute atomic E-state index is 14.3. The van der Waals surface area contributed by atoms with E-state index in [-0.39, 0.29) is 24.0 Å². The number of fused-ring (bicyclic) bond motifs is 7. The number of hydrogen-bond donors (Lipinski definition) is 2. The lowest BCUT2D eigenvalue weighted by Crippen LogP contribution is -2.40. The fourth-order valence-corrected chi connectivity index (χ4v) is 9.42. The molecule has 10 heteroatoms. The Morgan fingerprint density at radius 3 is 2.79 bits per heavy atom. The number of nitrogens with zero attached hydrogens (tertiary/aromatic N) is 2. The quantitative estimate of drug-likeness (QED) is 0.207. The first-order chi connectivity index (χ1) is 25.4. The Kier molecular flexibility index (Phi) is 6.25. The number of amides is 1. The number of anilines is 1. The molecule has 5 aliphatic heterocycles. The summed E-state index contributed by atoms with van der Waals surface area (Å²) < 4.78 is 26.3. The van der Waals surface area contributed by atoms with Gasteiger partial charge in [-0.3, -0.25) is 9.59 Å². The molecule has 260 valence electrons. The fraction of sp³-hybridized carbons (Fsp3) is 0.333. The number of Topliss-reactive ketones (excluding diaryl/α,β-unsaturated/α-hetero) is 1. The number of nitrogens with one attached hydrogen (secondary N) is 2. The Morgan fingerprint density at radius 1 is 1.04 bits per heavy atom. The van der Waals surface area contributed by atoms with Gasteiger partial charge in [-0.1, -0.05) is 68.5 Å². The number of allylic oxidation sites excluding steroid dienone is 1. The molecule has 10 nitrogen and oxygen atoms in total. The maximum atomic E-state index is 14.3. The zero-order chi connectivity index (χ0) is 34.9. The van der Waals surface area contributed by atoms with E-state index in [1.54, 1.807) is 6.20 Å². The van der Waals surface area contributed by atoms with Crippen LogP contribution in [0, 0.1) is 11.8 Å². The molecule has 6 aliphatic rings.